The van der Waals surface area contributed by atoms with Crippen LogP contribution in [0.3, 0.4) is 0 Å². The van der Waals surface area contributed by atoms with Gasteiger partial charge in [-0.1, -0.05) is 36.8 Å². The normalized spacial score (nSPS) is 17.0. The van der Waals surface area contributed by atoms with Gasteiger partial charge in [0.15, 0.2) is 5.16 Å². The molecular weight excluding hydrogens is 390 g/mol. The van der Waals surface area contributed by atoms with Gasteiger partial charge in [-0.05, 0) is 51.0 Å². The number of thiophene rings is 1. The zero-order valence-corrected chi connectivity index (χ0v) is 18.0. The van der Waals surface area contributed by atoms with E-state index in [1.54, 1.807) is 15.9 Å². The van der Waals surface area contributed by atoms with Gasteiger partial charge in [-0.3, -0.25) is 14.2 Å². The Morgan fingerprint density at radius 1 is 1.29 bits per heavy atom. The van der Waals surface area contributed by atoms with Gasteiger partial charge in [0, 0.05) is 17.5 Å². The monoisotopic (exact) mass is 417 g/mol. The molecule has 2 heterocycles. The number of carbonyl (C=O) groups excluding carboxylic acids is 1. The largest absolute Gasteiger partial charge is 0.353 e. The van der Waals surface area contributed by atoms with Crippen LogP contribution < -0.4 is 10.9 Å². The molecule has 0 unspecified atom stereocenters. The molecule has 2 aliphatic carbocycles. The lowest BCUT2D eigenvalue weighted by atomic mass is 9.97. The lowest BCUT2D eigenvalue weighted by molar-refractivity contribution is -0.119. The van der Waals surface area contributed by atoms with Crippen LogP contribution in [-0.4, -0.2) is 27.3 Å². The number of hydrogen-bond acceptors (Lipinski definition) is 5. The zero-order valence-electron chi connectivity index (χ0n) is 16.4. The predicted molar refractivity (Wildman–Crippen MR) is 116 cm³/mol. The van der Waals surface area contributed by atoms with Gasteiger partial charge in [-0.25, -0.2) is 4.98 Å². The summed E-state index contributed by atoms with van der Waals surface area (Å²) in [4.78, 5) is 32.6. The van der Waals surface area contributed by atoms with Crippen molar-refractivity contribution in [3.05, 3.63) is 32.9 Å². The van der Waals surface area contributed by atoms with Crippen molar-refractivity contribution in [1.82, 2.24) is 14.9 Å². The first kappa shape index (κ1) is 19.7. The number of nitrogens with zero attached hydrogens (tertiary/aromatic N) is 2. The minimum atomic E-state index is 0.0195. The average molecular weight is 418 g/mol. The fraction of sp³-hybridized carbons (Fsp3) is 0.571. The molecule has 4 rings (SSSR count). The molecule has 0 radical (unpaired) electrons. The number of thioether (sulfide) groups is 1. The summed E-state index contributed by atoms with van der Waals surface area (Å²) in [5.74, 6) is 0.314. The van der Waals surface area contributed by atoms with Crippen LogP contribution in [-0.2, 0) is 24.2 Å². The first-order valence-corrected chi connectivity index (χ1v) is 11.9. The number of hydrogen-bond donors (Lipinski definition) is 1. The summed E-state index contributed by atoms with van der Waals surface area (Å²) in [7, 11) is 0. The van der Waals surface area contributed by atoms with Crippen LogP contribution in [0.15, 0.2) is 22.1 Å². The summed E-state index contributed by atoms with van der Waals surface area (Å²) in [6.45, 7) is 6.34. The van der Waals surface area contributed by atoms with Crippen LogP contribution >= 0.6 is 23.1 Å². The van der Waals surface area contributed by atoms with Crippen LogP contribution in [0.25, 0.3) is 10.2 Å². The molecule has 0 aromatic carbocycles. The van der Waals surface area contributed by atoms with Crippen molar-refractivity contribution in [2.45, 2.75) is 76.0 Å². The first-order valence-electron chi connectivity index (χ1n) is 10.1. The molecule has 0 saturated heterocycles. The van der Waals surface area contributed by atoms with Gasteiger partial charge in [0.1, 0.15) is 4.83 Å². The number of amides is 1. The Morgan fingerprint density at radius 2 is 2.04 bits per heavy atom. The van der Waals surface area contributed by atoms with E-state index in [0.717, 1.165) is 47.9 Å². The van der Waals surface area contributed by atoms with E-state index in [0.29, 0.717) is 17.7 Å². The molecule has 7 heteroatoms. The van der Waals surface area contributed by atoms with Crippen molar-refractivity contribution in [1.29, 1.82) is 0 Å². The summed E-state index contributed by atoms with van der Waals surface area (Å²) in [5, 5.41) is 4.53. The van der Waals surface area contributed by atoms with E-state index in [2.05, 4.69) is 11.9 Å². The van der Waals surface area contributed by atoms with Crippen LogP contribution in [0, 0.1) is 0 Å². The minimum absolute atomic E-state index is 0.0195. The zero-order chi connectivity index (χ0) is 19.7. The molecule has 28 heavy (non-hydrogen) atoms. The standard InChI is InChI=1S/C21H27N3O2S2/c1-13(2)11-24-20(26)18-15-9-5-6-10-16(15)28-19(18)23-21(24)27-12-17(25)22-14-7-3-4-8-14/h14H,1,3-12H2,2H3,(H,22,25). The number of rotatable bonds is 6. The van der Waals surface area contributed by atoms with Crippen molar-refractivity contribution in [2.24, 2.45) is 0 Å². The Bertz CT molecular complexity index is 970. The first-order chi connectivity index (χ1) is 13.5. The molecular formula is C21H27N3O2S2. The topological polar surface area (TPSA) is 64.0 Å². The Labute approximate surface area is 173 Å². The minimum Gasteiger partial charge on any atom is -0.353 e. The summed E-state index contributed by atoms with van der Waals surface area (Å²) in [6.07, 6.45) is 8.86. The number of nitrogens with one attached hydrogen (secondary N) is 1. The van der Waals surface area contributed by atoms with E-state index >= 15 is 0 Å². The second kappa shape index (κ2) is 8.41. The fourth-order valence-corrected chi connectivity index (χ4v) is 6.32. The number of carbonyl (C=O) groups is 1. The van der Waals surface area contributed by atoms with Gasteiger partial charge in [0.25, 0.3) is 5.56 Å². The summed E-state index contributed by atoms with van der Waals surface area (Å²) >= 11 is 3.02. The van der Waals surface area contributed by atoms with Gasteiger partial charge >= 0.3 is 0 Å². The smallest absolute Gasteiger partial charge is 0.263 e. The molecule has 0 spiro atoms. The molecule has 2 aromatic rings. The molecule has 0 atom stereocenters. The second-order valence-electron chi connectivity index (χ2n) is 7.97. The van der Waals surface area contributed by atoms with Gasteiger partial charge in [0.05, 0.1) is 11.1 Å². The highest BCUT2D eigenvalue weighted by molar-refractivity contribution is 7.99. The van der Waals surface area contributed by atoms with Crippen molar-refractivity contribution in [3.8, 4) is 0 Å². The predicted octanol–water partition coefficient (Wildman–Crippen LogP) is 4.06. The molecule has 1 saturated carbocycles. The molecule has 1 amide bonds. The maximum Gasteiger partial charge on any atom is 0.263 e. The second-order valence-corrected chi connectivity index (χ2v) is 10.00. The number of allylic oxidation sites excluding steroid dienone is 1. The van der Waals surface area contributed by atoms with Crippen LogP contribution in [0.4, 0.5) is 0 Å². The fourth-order valence-electron chi connectivity index (χ4n) is 4.21. The van der Waals surface area contributed by atoms with Crippen molar-refractivity contribution in [2.75, 3.05) is 5.75 Å². The van der Waals surface area contributed by atoms with E-state index in [4.69, 9.17) is 4.98 Å². The quantitative estimate of drug-likeness (QED) is 0.437. The lowest BCUT2D eigenvalue weighted by Crippen LogP contribution is -2.34. The molecule has 1 fully saturated rings. The third-order valence-corrected chi connectivity index (χ3v) is 7.68. The Morgan fingerprint density at radius 3 is 2.79 bits per heavy atom. The van der Waals surface area contributed by atoms with Crippen LogP contribution in [0.5, 0.6) is 0 Å². The molecule has 2 aliphatic rings. The Kier molecular flexibility index (Phi) is 5.92. The maximum atomic E-state index is 13.3. The van der Waals surface area contributed by atoms with Crippen molar-refractivity contribution >= 4 is 39.2 Å². The SMILES string of the molecule is C=C(C)Cn1c(SCC(=O)NC2CCCC2)nc2sc3c(c2c1=O)CCCC3. The third kappa shape index (κ3) is 4.06. The Hall–Kier alpha value is -1.60. The van der Waals surface area contributed by atoms with E-state index in [1.165, 1.54) is 41.5 Å². The van der Waals surface area contributed by atoms with Crippen LogP contribution in [0.1, 0.15) is 55.9 Å². The Balaban J connectivity index is 1.63. The highest BCUT2D eigenvalue weighted by Gasteiger charge is 2.23. The lowest BCUT2D eigenvalue weighted by Gasteiger charge is -2.14. The van der Waals surface area contributed by atoms with E-state index in [1.807, 2.05) is 6.92 Å². The van der Waals surface area contributed by atoms with Gasteiger partial charge < -0.3 is 5.32 Å². The average Bonchev–Trinajstić information content (AvgIpc) is 3.29. The molecule has 0 bridgehead atoms. The van der Waals surface area contributed by atoms with Gasteiger partial charge in [-0.15, -0.1) is 11.3 Å². The van der Waals surface area contributed by atoms with Crippen molar-refractivity contribution < 1.29 is 4.79 Å². The maximum absolute atomic E-state index is 13.3. The summed E-state index contributed by atoms with van der Waals surface area (Å²) in [6, 6.07) is 0.310. The summed E-state index contributed by atoms with van der Waals surface area (Å²) < 4.78 is 1.71. The molecule has 1 N–H and O–H groups in total. The number of aromatic nitrogens is 2. The van der Waals surface area contributed by atoms with Crippen molar-refractivity contribution in [3.63, 3.8) is 0 Å². The highest BCUT2D eigenvalue weighted by Crippen LogP contribution is 2.34. The van der Waals surface area contributed by atoms with E-state index in [-0.39, 0.29) is 17.2 Å². The van der Waals surface area contributed by atoms with Crippen LogP contribution in [0.2, 0.25) is 0 Å². The van der Waals surface area contributed by atoms with E-state index in [9.17, 15) is 9.59 Å². The van der Waals surface area contributed by atoms with E-state index < -0.39 is 0 Å². The van der Waals surface area contributed by atoms with Gasteiger partial charge in [-0.2, -0.15) is 0 Å². The number of fused-ring (bicyclic) bond motifs is 3. The molecule has 150 valence electrons. The number of aryl methyl sites for hydroxylation is 2. The molecule has 5 nitrogen and oxygen atoms in total. The molecule has 2 aromatic heterocycles. The van der Waals surface area contributed by atoms with Gasteiger partial charge in [0.2, 0.25) is 5.91 Å². The third-order valence-electron chi connectivity index (χ3n) is 5.52. The highest BCUT2D eigenvalue weighted by atomic mass is 32.2. The summed E-state index contributed by atoms with van der Waals surface area (Å²) in [5.41, 5.74) is 2.13. The molecule has 0 aliphatic heterocycles.